The topological polar surface area (TPSA) is 44.4 Å². The van der Waals surface area contributed by atoms with Gasteiger partial charge in [0.05, 0.1) is 6.04 Å². The largest absolute Gasteiger partial charge is 0.358 e. The van der Waals surface area contributed by atoms with E-state index >= 15 is 0 Å². The molecule has 2 aliphatic rings. The van der Waals surface area contributed by atoms with Gasteiger partial charge in [-0.05, 0) is 51.2 Å². The molecule has 1 unspecified atom stereocenters. The van der Waals surface area contributed by atoms with Crippen LogP contribution in [0.1, 0.15) is 25.7 Å². The monoisotopic (exact) mass is 261 g/mol. The van der Waals surface area contributed by atoms with Gasteiger partial charge >= 0.3 is 0 Å². The minimum atomic E-state index is 0. The van der Waals surface area contributed by atoms with Gasteiger partial charge in [-0.2, -0.15) is 0 Å². The second-order valence-electron chi connectivity index (χ2n) is 4.96. The van der Waals surface area contributed by atoms with Gasteiger partial charge in [-0.3, -0.25) is 9.69 Å². The third-order valence-corrected chi connectivity index (χ3v) is 3.86. The number of piperidine rings is 1. The van der Waals surface area contributed by atoms with Gasteiger partial charge in [0.1, 0.15) is 0 Å². The molecule has 2 aliphatic heterocycles. The zero-order valence-electron chi connectivity index (χ0n) is 10.6. The number of likely N-dealkylation sites (N-methyl/N-ethyl adjacent to an activating group) is 1. The number of halogens is 1. The molecule has 0 aromatic carbocycles. The number of rotatable bonds is 3. The van der Waals surface area contributed by atoms with Crippen molar-refractivity contribution in [3.8, 4) is 0 Å². The summed E-state index contributed by atoms with van der Waals surface area (Å²) in [6, 6.07) is 0.139. The number of amides is 1. The Morgan fingerprint density at radius 1 is 1.35 bits per heavy atom. The van der Waals surface area contributed by atoms with E-state index in [9.17, 15) is 4.79 Å². The third kappa shape index (κ3) is 3.83. The zero-order chi connectivity index (χ0) is 11.4. The molecule has 2 fully saturated rings. The van der Waals surface area contributed by atoms with Crippen molar-refractivity contribution in [1.29, 1.82) is 0 Å². The molecule has 17 heavy (non-hydrogen) atoms. The lowest BCUT2D eigenvalue weighted by Crippen LogP contribution is -2.45. The van der Waals surface area contributed by atoms with E-state index in [4.69, 9.17) is 0 Å². The molecule has 0 saturated carbocycles. The summed E-state index contributed by atoms with van der Waals surface area (Å²) < 4.78 is 0. The highest BCUT2D eigenvalue weighted by Gasteiger charge is 2.31. The van der Waals surface area contributed by atoms with Crippen LogP contribution in [0.2, 0.25) is 0 Å². The summed E-state index contributed by atoms with van der Waals surface area (Å²) in [5.41, 5.74) is 0. The highest BCUT2D eigenvalue weighted by atomic mass is 35.5. The maximum Gasteiger partial charge on any atom is 0.237 e. The number of carbonyl (C=O) groups is 1. The van der Waals surface area contributed by atoms with Crippen LogP contribution in [0.25, 0.3) is 0 Å². The van der Waals surface area contributed by atoms with Gasteiger partial charge in [-0.1, -0.05) is 0 Å². The Labute approximate surface area is 110 Å². The predicted molar refractivity (Wildman–Crippen MR) is 71.5 cm³/mol. The Morgan fingerprint density at radius 3 is 2.71 bits per heavy atom. The standard InChI is InChI=1S/C12H23N3O.ClH/c1-13-12(16)11-3-2-8-15(11)9-10-4-6-14-7-5-10;/h10-11,14H,2-9H2,1H3,(H,13,16);1H. The van der Waals surface area contributed by atoms with Crippen molar-refractivity contribution in [2.75, 3.05) is 33.2 Å². The van der Waals surface area contributed by atoms with Gasteiger partial charge < -0.3 is 10.6 Å². The van der Waals surface area contributed by atoms with Crippen molar-refractivity contribution in [2.24, 2.45) is 5.92 Å². The van der Waals surface area contributed by atoms with Crippen LogP contribution in [0.5, 0.6) is 0 Å². The summed E-state index contributed by atoms with van der Waals surface area (Å²) in [5, 5.41) is 6.17. The quantitative estimate of drug-likeness (QED) is 0.783. The molecule has 2 heterocycles. The predicted octanol–water partition coefficient (Wildman–Crippen LogP) is 0.618. The molecule has 100 valence electrons. The number of nitrogens with zero attached hydrogens (tertiary/aromatic N) is 1. The smallest absolute Gasteiger partial charge is 0.237 e. The maximum atomic E-state index is 11.7. The van der Waals surface area contributed by atoms with Crippen molar-refractivity contribution in [3.63, 3.8) is 0 Å². The summed E-state index contributed by atoms with van der Waals surface area (Å²) in [6.45, 7) is 4.49. The molecule has 5 heteroatoms. The van der Waals surface area contributed by atoms with E-state index in [-0.39, 0.29) is 24.4 Å². The van der Waals surface area contributed by atoms with Gasteiger partial charge in [-0.25, -0.2) is 0 Å². The lowest BCUT2D eigenvalue weighted by atomic mass is 9.97. The summed E-state index contributed by atoms with van der Waals surface area (Å²) in [5.74, 6) is 0.984. The Bertz CT molecular complexity index is 244. The van der Waals surface area contributed by atoms with E-state index in [0.717, 1.165) is 38.5 Å². The SMILES string of the molecule is CNC(=O)C1CCCN1CC1CCNCC1.Cl. The van der Waals surface area contributed by atoms with Crippen molar-refractivity contribution < 1.29 is 4.79 Å². The molecule has 2 rings (SSSR count). The van der Waals surface area contributed by atoms with E-state index < -0.39 is 0 Å². The first-order valence-electron chi connectivity index (χ1n) is 6.47. The van der Waals surface area contributed by atoms with Gasteiger partial charge in [0.2, 0.25) is 5.91 Å². The fourth-order valence-electron chi connectivity index (χ4n) is 2.90. The van der Waals surface area contributed by atoms with Crippen LogP contribution in [-0.4, -0.2) is 50.1 Å². The van der Waals surface area contributed by atoms with Crippen LogP contribution >= 0.6 is 12.4 Å². The first-order chi connectivity index (χ1) is 7.81. The summed E-state index contributed by atoms with van der Waals surface area (Å²) >= 11 is 0. The normalized spacial score (nSPS) is 26.5. The lowest BCUT2D eigenvalue weighted by molar-refractivity contribution is -0.125. The van der Waals surface area contributed by atoms with Crippen LogP contribution in [-0.2, 0) is 4.79 Å². The van der Waals surface area contributed by atoms with E-state index in [0.29, 0.717) is 0 Å². The summed E-state index contributed by atoms with van der Waals surface area (Å²) in [7, 11) is 1.74. The Balaban J connectivity index is 0.00000144. The number of hydrogen-bond donors (Lipinski definition) is 2. The number of likely N-dealkylation sites (tertiary alicyclic amines) is 1. The molecule has 2 N–H and O–H groups in total. The first-order valence-corrected chi connectivity index (χ1v) is 6.47. The molecule has 0 bridgehead atoms. The summed E-state index contributed by atoms with van der Waals surface area (Å²) in [6.07, 6.45) is 4.72. The third-order valence-electron chi connectivity index (χ3n) is 3.86. The van der Waals surface area contributed by atoms with Gasteiger partial charge in [0.25, 0.3) is 0 Å². The second kappa shape index (κ2) is 7.19. The average Bonchev–Trinajstić information content (AvgIpc) is 2.77. The zero-order valence-corrected chi connectivity index (χ0v) is 11.4. The molecule has 1 atom stereocenters. The molecule has 2 saturated heterocycles. The van der Waals surface area contributed by atoms with Gasteiger partial charge in [-0.15, -0.1) is 12.4 Å². The number of carbonyl (C=O) groups excluding carboxylic acids is 1. The van der Waals surface area contributed by atoms with Crippen molar-refractivity contribution in [2.45, 2.75) is 31.7 Å². The molecular formula is C12H24ClN3O. The van der Waals surface area contributed by atoms with Crippen molar-refractivity contribution >= 4 is 18.3 Å². The average molecular weight is 262 g/mol. The second-order valence-corrected chi connectivity index (χ2v) is 4.96. The van der Waals surface area contributed by atoms with E-state index in [1.54, 1.807) is 7.05 Å². The Morgan fingerprint density at radius 2 is 2.06 bits per heavy atom. The molecule has 1 amide bonds. The molecule has 0 aromatic heterocycles. The van der Waals surface area contributed by atoms with E-state index in [1.165, 1.54) is 19.3 Å². The Kier molecular flexibility index (Phi) is 6.23. The van der Waals surface area contributed by atoms with Crippen molar-refractivity contribution in [3.05, 3.63) is 0 Å². The van der Waals surface area contributed by atoms with Crippen LogP contribution in [0.4, 0.5) is 0 Å². The minimum absolute atomic E-state index is 0. The Hall–Kier alpha value is -0.320. The molecular weight excluding hydrogens is 238 g/mol. The fourth-order valence-corrected chi connectivity index (χ4v) is 2.90. The van der Waals surface area contributed by atoms with E-state index in [2.05, 4.69) is 15.5 Å². The molecule has 4 nitrogen and oxygen atoms in total. The van der Waals surface area contributed by atoms with Crippen LogP contribution in [0.15, 0.2) is 0 Å². The van der Waals surface area contributed by atoms with Crippen LogP contribution in [0, 0.1) is 5.92 Å². The van der Waals surface area contributed by atoms with Gasteiger partial charge in [0, 0.05) is 13.6 Å². The van der Waals surface area contributed by atoms with Crippen LogP contribution in [0.3, 0.4) is 0 Å². The number of nitrogens with one attached hydrogen (secondary N) is 2. The molecule has 0 spiro atoms. The summed E-state index contributed by atoms with van der Waals surface area (Å²) in [4.78, 5) is 14.1. The fraction of sp³-hybridized carbons (Fsp3) is 0.917. The highest BCUT2D eigenvalue weighted by molar-refractivity contribution is 5.85. The molecule has 0 aliphatic carbocycles. The maximum absolute atomic E-state index is 11.7. The number of hydrogen-bond acceptors (Lipinski definition) is 3. The van der Waals surface area contributed by atoms with Gasteiger partial charge in [0.15, 0.2) is 0 Å². The highest BCUT2D eigenvalue weighted by Crippen LogP contribution is 2.22. The van der Waals surface area contributed by atoms with Crippen molar-refractivity contribution in [1.82, 2.24) is 15.5 Å². The molecule has 0 aromatic rings. The minimum Gasteiger partial charge on any atom is -0.358 e. The molecule has 0 radical (unpaired) electrons. The van der Waals surface area contributed by atoms with Crippen LogP contribution < -0.4 is 10.6 Å². The van der Waals surface area contributed by atoms with E-state index in [1.807, 2.05) is 0 Å². The lowest BCUT2D eigenvalue weighted by Gasteiger charge is -2.30. The first kappa shape index (κ1) is 14.7.